The van der Waals surface area contributed by atoms with Gasteiger partial charge in [-0.05, 0) is 13.8 Å². The van der Waals surface area contributed by atoms with Gasteiger partial charge >= 0.3 is 0 Å². The molecular weight excluding hydrogens is 120 g/mol. The van der Waals surface area contributed by atoms with Gasteiger partial charge in [-0.3, -0.25) is 0 Å². The summed E-state index contributed by atoms with van der Waals surface area (Å²) >= 11 is 0. The van der Waals surface area contributed by atoms with Gasteiger partial charge in [0.1, 0.15) is 0 Å². The summed E-state index contributed by atoms with van der Waals surface area (Å²) in [4.78, 5) is 0. The number of ether oxygens (including phenoxy) is 2. The van der Waals surface area contributed by atoms with Crippen LogP contribution < -0.4 is 0 Å². The van der Waals surface area contributed by atoms with E-state index in [0.29, 0.717) is 6.42 Å². The van der Waals surface area contributed by atoms with Crippen LogP contribution in [-0.2, 0) is 9.47 Å². The lowest BCUT2D eigenvalue weighted by Gasteiger charge is -2.29. The van der Waals surface area contributed by atoms with Gasteiger partial charge in [-0.25, -0.2) is 0 Å². The maximum absolute atomic E-state index is 8.95. The first-order valence-corrected chi connectivity index (χ1v) is 3.17. The smallest absolute Gasteiger partial charge is 0.160 e. The standard InChI is InChI=1S/C6H12O3/c1-4-3-6(7)9-5(2)8-4/h4-7H,3H2,1-2H3/t4-,5+,6+/m0/s1. The van der Waals surface area contributed by atoms with Crippen molar-refractivity contribution in [2.24, 2.45) is 0 Å². The van der Waals surface area contributed by atoms with Gasteiger partial charge in [0.25, 0.3) is 0 Å². The lowest BCUT2D eigenvalue weighted by molar-refractivity contribution is -0.283. The van der Waals surface area contributed by atoms with Crippen LogP contribution in [0.5, 0.6) is 0 Å². The first-order valence-electron chi connectivity index (χ1n) is 3.17. The Bertz CT molecular complexity index is 69.3. The predicted octanol–water partition coefficient (Wildman–Crippen LogP) is 0.476. The van der Waals surface area contributed by atoms with E-state index in [2.05, 4.69) is 0 Å². The SMILES string of the molecule is C[C@@H]1O[C@@H](C)C[C@H](O)O1. The fraction of sp³-hybridized carbons (Fsp3) is 1.00. The van der Waals surface area contributed by atoms with E-state index in [1.54, 1.807) is 6.92 Å². The van der Waals surface area contributed by atoms with Crippen molar-refractivity contribution < 1.29 is 14.6 Å². The monoisotopic (exact) mass is 132 g/mol. The second-order valence-corrected chi connectivity index (χ2v) is 2.34. The Morgan fingerprint density at radius 1 is 1.33 bits per heavy atom. The Labute approximate surface area is 54.6 Å². The molecule has 3 nitrogen and oxygen atoms in total. The third-order valence-corrected chi connectivity index (χ3v) is 1.31. The molecule has 0 aromatic carbocycles. The lowest BCUT2D eigenvalue weighted by atomic mass is 10.2. The Balaban J connectivity index is 2.34. The normalized spacial score (nSPS) is 45.0. The van der Waals surface area contributed by atoms with Crippen LogP contribution in [-0.4, -0.2) is 23.8 Å². The average Bonchev–Trinajstić information content (AvgIpc) is 1.59. The number of aliphatic hydroxyl groups excluding tert-OH is 1. The molecule has 0 aliphatic carbocycles. The summed E-state index contributed by atoms with van der Waals surface area (Å²) in [7, 11) is 0. The zero-order valence-electron chi connectivity index (χ0n) is 5.70. The summed E-state index contributed by atoms with van der Waals surface area (Å²) in [6.45, 7) is 3.70. The summed E-state index contributed by atoms with van der Waals surface area (Å²) in [6.07, 6.45) is -0.208. The Hall–Kier alpha value is -0.120. The zero-order valence-corrected chi connectivity index (χ0v) is 5.70. The summed E-state index contributed by atoms with van der Waals surface area (Å²) in [6, 6.07) is 0. The van der Waals surface area contributed by atoms with Gasteiger partial charge in [0, 0.05) is 6.42 Å². The molecular formula is C6H12O3. The molecule has 0 saturated carbocycles. The number of hydrogen-bond acceptors (Lipinski definition) is 3. The van der Waals surface area contributed by atoms with Crippen molar-refractivity contribution in [1.82, 2.24) is 0 Å². The van der Waals surface area contributed by atoms with E-state index < -0.39 is 6.29 Å². The highest BCUT2D eigenvalue weighted by Crippen LogP contribution is 2.15. The third-order valence-electron chi connectivity index (χ3n) is 1.31. The van der Waals surface area contributed by atoms with Crippen molar-refractivity contribution >= 4 is 0 Å². The largest absolute Gasteiger partial charge is 0.368 e. The molecule has 3 heteroatoms. The van der Waals surface area contributed by atoms with E-state index in [-0.39, 0.29) is 12.4 Å². The van der Waals surface area contributed by atoms with Gasteiger partial charge in [-0.1, -0.05) is 0 Å². The molecule has 1 aliphatic heterocycles. The Morgan fingerprint density at radius 3 is 2.44 bits per heavy atom. The second kappa shape index (κ2) is 2.64. The molecule has 1 aliphatic rings. The van der Waals surface area contributed by atoms with Gasteiger partial charge < -0.3 is 14.6 Å². The van der Waals surface area contributed by atoms with Gasteiger partial charge in [0.15, 0.2) is 12.6 Å². The molecule has 0 amide bonds. The van der Waals surface area contributed by atoms with Crippen molar-refractivity contribution in [3.05, 3.63) is 0 Å². The summed E-state index contributed by atoms with van der Waals surface area (Å²) in [5.41, 5.74) is 0. The molecule has 1 heterocycles. The van der Waals surface area contributed by atoms with Crippen molar-refractivity contribution in [2.75, 3.05) is 0 Å². The Kier molecular flexibility index (Phi) is 2.05. The summed E-state index contributed by atoms with van der Waals surface area (Å²) in [5, 5.41) is 8.95. The van der Waals surface area contributed by atoms with Gasteiger partial charge in [0.05, 0.1) is 6.10 Å². The number of aliphatic hydroxyl groups is 1. The summed E-state index contributed by atoms with van der Waals surface area (Å²) < 4.78 is 10.1. The van der Waals surface area contributed by atoms with E-state index >= 15 is 0 Å². The van der Waals surface area contributed by atoms with E-state index in [9.17, 15) is 0 Å². The fourth-order valence-corrected chi connectivity index (χ4v) is 0.975. The second-order valence-electron chi connectivity index (χ2n) is 2.34. The minimum absolute atomic E-state index is 0.115. The van der Waals surface area contributed by atoms with Crippen LogP contribution in [0.25, 0.3) is 0 Å². The molecule has 0 unspecified atom stereocenters. The van der Waals surface area contributed by atoms with Crippen LogP contribution in [0.3, 0.4) is 0 Å². The summed E-state index contributed by atoms with van der Waals surface area (Å²) in [5.74, 6) is 0. The Morgan fingerprint density at radius 2 is 2.00 bits per heavy atom. The molecule has 0 radical (unpaired) electrons. The van der Waals surface area contributed by atoms with E-state index in [1.165, 1.54) is 0 Å². The van der Waals surface area contributed by atoms with Gasteiger partial charge in [-0.15, -0.1) is 0 Å². The van der Waals surface area contributed by atoms with E-state index in [0.717, 1.165) is 0 Å². The highest BCUT2D eigenvalue weighted by Gasteiger charge is 2.22. The lowest BCUT2D eigenvalue weighted by Crippen LogP contribution is -2.34. The molecule has 3 atom stereocenters. The molecule has 54 valence electrons. The van der Waals surface area contributed by atoms with E-state index in [4.69, 9.17) is 14.6 Å². The molecule has 9 heavy (non-hydrogen) atoms. The molecule has 0 aromatic rings. The molecule has 0 spiro atoms. The van der Waals surface area contributed by atoms with Crippen LogP contribution in [0.2, 0.25) is 0 Å². The zero-order chi connectivity index (χ0) is 6.85. The van der Waals surface area contributed by atoms with Crippen LogP contribution >= 0.6 is 0 Å². The predicted molar refractivity (Wildman–Crippen MR) is 31.7 cm³/mol. The van der Waals surface area contributed by atoms with Gasteiger partial charge in [0.2, 0.25) is 0 Å². The number of hydrogen-bond donors (Lipinski definition) is 1. The highest BCUT2D eigenvalue weighted by atomic mass is 16.7. The topological polar surface area (TPSA) is 38.7 Å². The maximum atomic E-state index is 8.95. The number of rotatable bonds is 0. The van der Waals surface area contributed by atoms with E-state index in [1.807, 2.05) is 6.92 Å². The first kappa shape index (κ1) is 6.99. The molecule has 1 fully saturated rings. The van der Waals surface area contributed by atoms with Crippen molar-refractivity contribution in [2.45, 2.75) is 39.0 Å². The van der Waals surface area contributed by atoms with Crippen molar-refractivity contribution in [3.63, 3.8) is 0 Å². The fourth-order valence-electron chi connectivity index (χ4n) is 0.975. The molecule has 1 rings (SSSR count). The minimum Gasteiger partial charge on any atom is -0.368 e. The minimum atomic E-state index is -0.635. The first-order chi connectivity index (χ1) is 4.18. The van der Waals surface area contributed by atoms with Gasteiger partial charge in [-0.2, -0.15) is 0 Å². The molecule has 1 N–H and O–H groups in total. The quantitative estimate of drug-likeness (QED) is 0.521. The third kappa shape index (κ3) is 1.93. The molecule has 1 saturated heterocycles. The highest BCUT2D eigenvalue weighted by molar-refractivity contribution is 4.58. The van der Waals surface area contributed by atoms with Crippen LogP contribution in [0.4, 0.5) is 0 Å². The molecule has 0 bridgehead atoms. The van der Waals surface area contributed by atoms with Crippen molar-refractivity contribution in [1.29, 1.82) is 0 Å². The average molecular weight is 132 g/mol. The maximum Gasteiger partial charge on any atom is 0.160 e. The van der Waals surface area contributed by atoms with Crippen LogP contribution in [0.1, 0.15) is 20.3 Å². The van der Waals surface area contributed by atoms with Crippen LogP contribution in [0, 0.1) is 0 Å². The molecule has 0 aromatic heterocycles. The van der Waals surface area contributed by atoms with Crippen LogP contribution in [0.15, 0.2) is 0 Å². The van der Waals surface area contributed by atoms with Crippen molar-refractivity contribution in [3.8, 4) is 0 Å².